The second kappa shape index (κ2) is 9.39. The van der Waals surface area contributed by atoms with Crippen molar-refractivity contribution in [3.05, 3.63) is 53.1 Å². The SMILES string of the molecule is CC(=O)N1c2ccc(S(=O)(=O)N3CCN(CCOc4ccc(Cl)cc4)CC3)cc2C[C@H]1C. The smallest absolute Gasteiger partial charge is 0.243 e. The van der Waals surface area contributed by atoms with Crippen molar-refractivity contribution in [3.8, 4) is 5.75 Å². The van der Waals surface area contributed by atoms with E-state index in [1.54, 1.807) is 39.5 Å². The lowest BCUT2D eigenvalue weighted by atomic mass is 10.1. The molecule has 7 nitrogen and oxygen atoms in total. The lowest BCUT2D eigenvalue weighted by Gasteiger charge is -2.33. The minimum Gasteiger partial charge on any atom is -0.492 e. The Hall–Kier alpha value is -2.13. The zero-order valence-electron chi connectivity index (χ0n) is 18.3. The number of fused-ring (bicyclic) bond motifs is 1. The van der Waals surface area contributed by atoms with Gasteiger partial charge in [-0.1, -0.05) is 11.6 Å². The number of amides is 1. The van der Waals surface area contributed by atoms with Crippen LogP contribution in [0.3, 0.4) is 0 Å². The third kappa shape index (κ3) is 4.78. The summed E-state index contributed by atoms with van der Waals surface area (Å²) in [5, 5.41) is 0.670. The van der Waals surface area contributed by atoms with Crippen molar-refractivity contribution in [2.24, 2.45) is 0 Å². The summed E-state index contributed by atoms with van der Waals surface area (Å²) >= 11 is 5.88. The van der Waals surface area contributed by atoms with E-state index in [-0.39, 0.29) is 11.9 Å². The molecule has 1 atom stereocenters. The minimum atomic E-state index is -3.57. The van der Waals surface area contributed by atoms with Crippen LogP contribution in [0.25, 0.3) is 0 Å². The summed E-state index contributed by atoms with van der Waals surface area (Å²) < 4.78 is 33.7. The number of piperazine rings is 1. The highest BCUT2D eigenvalue weighted by Gasteiger charge is 2.33. The number of rotatable bonds is 6. The third-order valence-electron chi connectivity index (χ3n) is 6.06. The van der Waals surface area contributed by atoms with Gasteiger partial charge >= 0.3 is 0 Å². The van der Waals surface area contributed by atoms with Crippen LogP contribution in [0.2, 0.25) is 5.02 Å². The molecule has 0 aromatic heterocycles. The predicted molar refractivity (Wildman–Crippen MR) is 125 cm³/mol. The molecule has 2 aromatic carbocycles. The molecule has 1 saturated heterocycles. The van der Waals surface area contributed by atoms with Gasteiger partial charge in [0, 0.05) is 56.4 Å². The van der Waals surface area contributed by atoms with Gasteiger partial charge in [0.15, 0.2) is 0 Å². The number of benzene rings is 2. The van der Waals surface area contributed by atoms with Crippen molar-refractivity contribution < 1.29 is 17.9 Å². The van der Waals surface area contributed by atoms with Crippen LogP contribution in [0.5, 0.6) is 5.75 Å². The van der Waals surface area contributed by atoms with E-state index in [4.69, 9.17) is 16.3 Å². The molecule has 0 radical (unpaired) electrons. The first-order chi connectivity index (χ1) is 15.3. The van der Waals surface area contributed by atoms with Gasteiger partial charge in [0.05, 0.1) is 4.90 Å². The second-order valence-electron chi connectivity index (χ2n) is 8.28. The zero-order chi connectivity index (χ0) is 22.9. The van der Waals surface area contributed by atoms with Crippen molar-refractivity contribution in [2.75, 3.05) is 44.2 Å². The molecule has 2 aliphatic rings. The Labute approximate surface area is 194 Å². The van der Waals surface area contributed by atoms with E-state index in [2.05, 4.69) is 4.90 Å². The van der Waals surface area contributed by atoms with Gasteiger partial charge in [0.1, 0.15) is 12.4 Å². The molecule has 0 saturated carbocycles. The first kappa shape index (κ1) is 23.0. The summed E-state index contributed by atoms with van der Waals surface area (Å²) in [5.41, 5.74) is 1.72. The van der Waals surface area contributed by atoms with E-state index in [1.165, 1.54) is 6.92 Å². The number of nitrogens with zero attached hydrogens (tertiary/aromatic N) is 3. The molecular weight excluding hydrogens is 450 g/mol. The average Bonchev–Trinajstić information content (AvgIpc) is 3.10. The molecule has 0 bridgehead atoms. The van der Waals surface area contributed by atoms with Crippen LogP contribution in [0.15, 0.2) is 47.4 Å². The lowest BCUT2D eigenvalue weighted by molar-refractivity contribution is -0.116. The van der Waals surface area contributed by atoms with Crippen molar-refractivity contribution in [3.63, 3.8) is 0 Å². The highest BCUT2D eigenvalue weighted by molar-refractivity contribution is 7.89. The maximum atomic E-state index is 13.2. The van der Waals surface area contributed by atoms with E-state index in [9.17, 15) is 13.2 Å². The molecule has 9 heteroatoms. The Morgan fingerprint density at radius 3 is 2.44 bits per heavy atom. The van der Waals surface area contributed by atoms with E-state index < -0.39 is 10.0 Å². The number of hydrogen-bond donors (Lipinski definition) is 0. The van der Waals surface area contributed by atoms with Crippen LogP contribution >= 0.6 is 11.6 Å². The molecule has 0 N–H and O–H groups in total. The summed E-state index contributed by atoms with van der Waals surface area (Å²) in [5.74, 6) is 0.743. The number of halogens is 1. The number of carbonyl (C=O) groups excluding carboxylic acids is 1. The average molecular weight is 478 g/mol. The maximum Gasteiger partial charge on any atom is 0.243 e. The van der Waals surface area contributed by atoms with E-state index in [0.717, 1.165) is 23.5 Å². The monoisotopic (exact) mass is 477 g/mol. The van der Waals surface area contributed by atoms with Crippen LogP contribution in [0.4, 0.5) is 5.69 Å². The van der Waals surface area contributed by atoms with E-state index in [1.807, 2.05) is 19.1 Å². The summed E-state index contributed by atoms with van der Waals surface area (Å²) in [7, 11) is -3.57. The number of hydrogen-bond acceptors (Lipinski definition) is 5. The molecule has 4 rings (SSSR count). The van der Waals surface area contributed by atoms with Gasteiger partial charge in [-0.2, -0.15) is 4.31 Å². The van der Waals surface area contributed by atoms with Crippen LogP contribution in [0, 0.1) is 0 Å². The zero-order valence-corrected chi connectivity index (χ0v) is 19.9. The largest absolute Gasteiger partial charge is 0.492 e. The number of ether oxygens (including phenoxy) is 1. The molecule has 2 aliphatic heterocycles. The summed E-state index contributed by atoms with van der Waals surface area (Å²) in [6.45, 7) is 6.97. The number of anilines is 1. The van der Waals surface area contributed by atoms with Crippen LogP contribution < -0.4 is 9.64 Å². The fourth-order valence-corrected chi connectivity index (χ4v) is 6.01. The Morgan fingerprint density at radius 1 is 1.09 bits per heavy atom. The second-order valence-corrected chi connectivity index (χ2v) is 10.7. The van der Waals surface area contributed by atoms with Crippen molar-refractivity contribution in [2.45, 2.75) is 31.2 Å². The van der Waals surface area contributed by atoms with Gasteiger partial charge in [0.25, 0.3) is 0 Å². The first-order valence-electron chi connectivity index (χ1n) is 10.8. The topological polar surface area (TPSA) is 70.2 Å². The fourth-order valence-electron chi connectivity index (χ4n) is 4.41. The molecular formula is C23H28ClN3O4S. The molecule has 2 aromatic rings. The van der Waals surface area contributed by atoms with Gasteiger partial charge in [-0.15, -0.1) is 0 Å². The maximum absolute atomic E-state index is 13.2. The summed E-state index contributed by atoms with van der Waals surface area (Å²) in [6.07, 6.45) is 0.666. The lowest BCUT2D eigenvalue weighted by Crippen LogP contribution is -2.49. The minimum absolute atomic E-state index is 0.0250. The highest BCUT2D eigenvalue weighted by Crippen LogP contribution is 2.34. The molecule has 0 unspecified atom stereocenters. The Bertz CT molecular complexity index is 1080. The Balaban J connectivity index is 1.33. The van der Waals surface area contributed by atoms with E-state index >= 15 is 0 Å². The highest BCUT2D eigenvalue weighted by atomic mass is 35.5. The molecule has 172 valence electrons. The number of carbonyl (C=O) groups is 1. The summed E-state index contributed by atoms with van der Waals surface area (Å²) in [6, 6.07) is 12.4. The molecule has 1 fully saturated rings. The third-order valence-corrected chi connectivity index (χ3v) is 8.21. The standard InChI is InChI=1S/C23H28ClN3O4S/c1-17-15-19-16-22(7-8-23(19)27(17)18(2)28)32(29,30)26-11-9-25(10-12-26)13-14-31-21-5-3-20(24)4-6-21/h3-8,16-17H,9-15H2,1-2H3/t17-/m1/s1. The molecule has 2 heterocycles. The predicted octanol–water partition coefficient (Wildman–Crippen LogP) is 3.02. The van der Waals surface area contributed by atoms with Crippen molar-refractivity contribution in [1.29, 1.82) is 0 Å². The Morgan fingerprint density at radius 2 is 1.78 bits per heavy atom. The summed E-state index contributed by atoms with van der Waals surface area (Å²) in [4.78, 5) is 16.2. The molecule has 0 aliphatic carbocycles. The Kier molecular flexibility index (Phi) is 6.76. The normalized spacial score (nSPS) is 19.7. The number of sulfonamides is 1. The first-order valence-corrected chi connectivity index (χ1v) is 12.6. The quantitative estimate of drug-likeness (QED) is 0.639. The molecule has 32 heavy (non-hydrogen) atoms. The van der Waals surface area contributed by atoms with Crippen LogP contribution in [-0.4, -0.2) is 68.9 Å². The van der Waals surface area contributed by atoms with Crippen LogP contribution in [-0.2, 0) is 21.2 Å². The van der Waals surface area contributed by atoms with Crippen LogP contribution in [0.1, 0.15) is 19.4 Å². The van der Waals surface area contributed by atoms with Gasteiger partial charge in [-0.3, -0.25) is 9.69 Å². The van der Waals surface area contributed by atoms with Gasteiger partial charge < -0.3 is 9.64 Å². The van der Waals surface area contributed by atoms with E-state index in [0.29, 0.717) is 49.1 Å². The van der Waals surface area contributed by atoms with Crippen molar-refractivity contribution >= 4 is 33.2 Å². The van der Waals surface area contributed by atoms with Gasteiger partial charge in [0.2, 0.25) is 15.9 Å². The molecule has 0 spiro atoms. The fraction of sp³-hybridized carbons (Fsp3) is 0.435. The van der Waals surface area contributed by atoms with Crippen molar-refractivity contribution in [1.82, 2.24) is 9.21 Å². The molecule has 1 amide bonds. The van der Waals surface area contributed by atoms with Gasteiger partial charge in [-0.25, -0.2) is 8.42 Å². The van der Waals surface area contributed by atoms with Gasteiger partial charge in [-0.05, 0) is 61.4 Å².